The van der Waals surface area contributed by atoms with Gasteiger partial charge in [-0.3, -0.25) is 8.42 Å². The SMILES string of the molecule is CCC(Cl)(Cl)Cl.O=S(=O)([O-])[O-]. The van der Waals surface area contributed by atoms with Gasteiger partial charge in [0.1, 0.15) is 0 Å². The van der Waals surface area contributed by atoms with Crippen LogP contribution in [0.1, 0.15) is 13.3 Å². The summed E-state index contributed by atoms with van der Waals surface area (Å²) in [5.41, 5.74) is 0. The third-order valence-electron chi connectivity index (χ3n) is 0.401. The third-order valence-corrected chi connectivity index (χ3v) is 1.20. The Hall–Kier alpha value is 0.740. The summed E-state index contributed by atoms with van der Waals surface area (Å²) < 4.78 is 33.0. The molecule has 70 valence electrons. The van der Waals surface area contributed by atoms with Crippen molar-refractivity contribution in [3.63, 3.8) is 0 Å². The largest absolute Gasteiger partial charge is 0.759 e. The van der Waals surface area contributed by atoms with E-state index in [2.05, 4.69) is 0 Å². The van der Waals surface area contributed by atoms with Crippen LogP contribution < -0.4 is 0 Å². The van der Waals surface area contributed by atoms with Crippen molar-refractivity contribution < 1.29 is 17.5 Å². The molecule has 0 aliphatic rings. The van der Waals surface area contributed by atoms with E-state index in [-0.39, 0.29) is 0 Å². The molecule has 0 fully saturated rings. The Morgan fingerprint density at radius 3 is 1.36 bits per heavy atom. The molecule has 0 N–H and O–H groups in total. The number of hydrogen-bond acceptors (Lipinski definition) is 4. The fraction of sp³-hybridized carbons (Fsp3) is 1.00. The number of rotatable bonds is 0. The molecule has 11 heavy (non-hydrogen) atoms. The van der Waals surface area contributed by atoms with Gasteiger partial charge in [0.2, 0.25) is 0 Å². The summed E-state index contributed by atoms with van der Waals surface area (Å²) in [4.78, 5) is 0. The van der Waals surface area contributed by atoms with Gasteiger partial charge in [0.25, 0.3) is 0 Å². The minimum absolute atomic E-state index is 0.567. The monoisotopic (exact) mass is 242 g/mol. The van der Waals surface area contributed by atoms with Crippen LogP contribution in [0, 0.1) is 0 Å². The van der Waals surface area contributed by atoms with Gasteiger partial charge in [-0.05, 0) is 6.42 Å². The summed E-state index contributed by atoms with van der Waals surface area (Å²) >= 11 is 15.7. The summed E-state index contributed by atoms with van der Waals surface area (Å²) in [5.74, 6) is 0. The van der Waals surface area contributed by atoms with Crippen LogP contribution in [0.3, 0.4) is 0 Å². The molecule has 0 heterocycles. The molecule has 0 aliphatic heterocycles. The van der Waals surface area contributed by atoms with E-state index in [0.29, 0.717) is 6.42 Å². The Kier molecular flexibility index (Phi) is 7.00. The second-order valence-corrected chi connectivity index (χ2v) is 4.71. The zero-order valence-corrected chi connectivity index (χ0v) is 8.47. The first-order valence-electron chi connectivity index (χ1n) is 2.29. The van der Waals surface area contributed by atoms with Gasteiger partial charge in [0.15, 0.2) is 3.79 Å². The third kappa shape index (κ3) is 58.7. The standard InChI is InChI=1S/C3H5Cl3.H2O4S/c1-2-3(4,5)6;1-5(2,3)4/h2H2,1H3;(H2,1,2,3,4)/p-2. The average Bonchev–Trinajstić information content (AvgIpc) is 1.59. The predicted octanol–water partition coefficient (Wildman–Crippen LogP) is 1.43. The van der Waals surface area contributed by atoms with Crippen LogP contribution in [0.15, 0.2) is 0 Å². The fourth-order valence-electron chi connectivity index (χ4n) is 0. The molecule has 8 heteroatoms. The van der Waals surface area contributed by atoms with Crippen molar-refractivity contribution in [2.45, 2.75) is 17.1 Å². The van der Waals surface area contributed by atoms with Crippen LogP contribution in [0.5, 0.6) is 0 Å². The minimum atomic E-state index is -5.17. The lowest BCUT2D eigenvalue weighted by molar-refractivity contribution is 0.352. The molecule has 0 atom stereocenters. The van der Waals surface area contributed by atoms with Crippen LogP contribution >= 0.6 is 34.8 Å². The average molecular weight is 243 g/mol. The van der Waals surface area contributed by atoms with Crippen molar-refractivity contribution in [2.24, 2.45) is 0 Å². The highest BCUT2D eigenvalue weighted by atomic mass is 35.6. The highest BCUT2D eigenvalue weighted by molar-refractivity contribution is 7.79. The lowest BCUT2D eigenvalue weighted by Gasteiger charge is -2.06. The number of hydrogen-bond donors (Lipinski definition) is 0. The quantitative estimate of drug-likeness (QED) is 0.366. The molecule has 4 nitrogen and oxygen atoms in total. The van der Waals surface area contributed by atoms with Gasteiger partial charge in [0, 0.05) is 10.4 Å². The first-order chi connectivity index (χ1) is 4.56. The van der Waals surface area contributed by atoms with Crippen molar-refractivity contribution >= 4 is 45.2 Å². The van der Waals surface area contributed by atoms with Crippen molar-refractivity contribution in [1.29, 1.82) is 0 Å². The van der Waals surface area contributed by atoms with Gasteiger partial charge in [-0.2, -0.15) is 0 Å². The summed E-state index contributed by atoms with van der Waals surface area (Å²) in [5, 5.41) is 0. The molecule has 0 spiro atoms. The number of halogens is 3. The highest BCUT2D eigenvalue weighted by Crippen LogP contribution is 2.28. The van der Waals surface area contributed by atoms with E-state index in [0.717, 1.165) is 0 Å². The van der Waals surface area contributed by atoms with E-state index in [1.807, 2.05) is 6.92 Å². The smallest absolute Gasteiger partial charge is 0.190 e. The van der Waals surface area contributed by atoms with Gasteiger partial charge in [0.05, 0.1) is 0 Å². The van der Waals surface area contributed by atoms with Crippen molar-refractivity contribution in [3.05, 3.63) is 0 Å². The summed E-state index contributed by atoms with van der Waals surface area (Å²) in [6.45, 7) is 1.81. The van der Waals surface area contributed by atoms with Gasteiger partial charge < -0.3 is 9.11 Å². The van der Waals surface area contributed by atoms with Crippen molar-refractivity contribution in [2.75, 3.05) is 0 Å². The summed E-state index contributed by atoms with van der Waals surface area (Å²) in [6.07, 6.45) is 0.567. The Morgan fingerprint density at radius 2 is 1.36 bits per heavy atom. The van der Waals surface area contributed by atoms with Crippen LogP contribution in [0.25, 0.3) is 0 Å². The first-order valence-corrected chi connectivity index (χ1v) is 4.76. The zero-order valence-electron chi connectivity index (χ0n) is 5.38. The second kappa shape index (κ2) is 5.40. The van der Waals surface area contributed by atoms with Crippen LogP contribution in [-0.4, -0.2) is 21.3 Å². The Labute approximate surface area is 80.0 Å². The molecule has 0 aromatic rings. The lowest BCUT2D eigenvalue weighted by atomic mass is 10.6. The molecule has 0 saturated carbocycles. The van der Waals surface area contributed by atoms with E-state index in [1.165, 1.54) is 0 Å². The van der Waals surface area contributed by atoms with Crippen LogP contribution in [-0.2, 0) is 10.4 Å². The predicted molar refractivity (Wildman–Crippen MR) is 41.1 cm³/mol. The molecule has 0 bridgehead atoms. The zero-order chi connectivity index (χ0) is 9.71. The molecule has 0 unspecified atom stereocenters. The lowest BCUT2D eigenvalue weighted by Crippen LogP contribution is -1.95. The van der Waals surface area contributed by atoms with Gasteiger partial charge in [-0.15, -0.1) is 0 Å². The van der Waals surface area contributed by atoms with E-state index in [9.17, 15) is 0 Å². The molecule has 0 saturated heterocycles. The Morgan fingerprint density at radius 1 is 1.27 bits per heavy atom. The van der Waals surface area contributed by atoms with Crippen molar-refractivity contribution in [3.8, 4) is 0 Å². The minimum Gasteiger partial charge on any atom is -0.759 e. The van der Waals surface area contributed by atoms with Gasteiger partial charge in [-0.1, -0.05) is 41.7 Å². The maximum absolute atomic E-state index is 8.52. The van der Waals surface area contributed by atoms with Crippen LogP contribution in [0.4, 0.5) is 0 Å². The van der Waals surface area contributed by atoms with Gasteiger partial charge >= 0.3 is 0 Å². The van der Waals surface area contributed by atoms with Crippen LogP contribution in [0.2, 0.25) is 0 Å². The van der Waals surface area contributed by atoms with Crippen molar-refractivity contribution in [1.82, 2.24) is 0 Å². The molecule has 0 aromatic carbocycles. The van der Waals surface area contributed by atoms with E-state index >= 15 is 0 Å². The molecule has 0 aliphatic carbocycles. The second-order valence-electron chi connectivity index (χ2n) is 1.38. The molecule has 0 aromatic heterocycles. The van der Waals surface area contributed by atoms with Gasteiger partial charge in [-0.25, -0.2) is 0 Å². The Bertz CT molecular complexity index is 173. The molecular formula is C3H5Cl3O4S-2. The molecule has 0 rings (SSSR count). The number of alkyl halides is 3. The maximum Gasteiger partial charge on any atom is 0.190 e. The summed E-state index contributed by atoms with van der Waals surface area (Å²) in [6, 6.07) is 0. The summed E-state index contributed by atoms with van der Waals surface area (Å²) in [7, 11) is -5.17. The highest BCUT2D eigenvalue weighted by Gasteiger charge is 2.14. The first kappa shape index (κ1) is 14.3. The topological polar surface area (TPSA) is 80.3 Å². The Balaban J connectivity index is 0. The normalized spacial score (nSPS) is 11.8. The molecule has 0 radical (unpaired) electrons. The molecular weight excluding hydrogens is 238 g/mol. The van der Waals surface area contributed by atoms with E-state index in [1.54, 1.807) is 0 Å². The van der Waals surface area contributed by atoms with E-state index in [4.69, 9.17) is 52.3 Å². The van der Waals surface area contributed by atoms with E-state index < -0.39 is 14.2 Å². The maximum atomic E-state index is 8.52. The fourth-order valence-corrected chi connectivity index (χ4v) is 0. The molecule has 0 amide bonds.